The molecular formula is C17H23N3O2. The first-order valence-electron chi connectivity index (χ1n) is 7.83. The minimum Gasteiger partial charge on any atom is -0.464 e. The van der Waals surface area contributed by atoms with Gasteiger partial charge in [-0.15, -0.1) is 0 Å². The van der Waals surface area contributed by atoms with Crippen LogP contribution in [-0.2, 0) is 0 Å². The number of fused-ring (bicyclic) bond motifs is 1. The van der Waals surface area contributed by atoms with E-state index >= 15 is 0 Å². The number of hydrogen-bond acceptors (Lipinski definition) is 3. The summed E-state index contributed by atoms with van der Waals surface area (Å²) in [5.41, 5.74) is 1.65. The zero-order valence-corrected chi connectivity index (χ0v) is 13.2. The fourth-order valence-electron chi connectivity index (χ4n) is 3.05. The van der Waals surface area contributed by atoms with E-state index in [1.54, 1.807) is 6.26 Å². The highest BCUT2D eigenvalue weighted by atomic mass is 16.3. The predicted octanol–water partition coefficient (Wildman–Crippen LogP) is 3.38. The van der Waals surface area contributed by atoms with E-state index in [1.807, 2.05) is 29.2 Å². The largest absolute Gasteiger partial charge is 0.464 e. The third-order valence-corrected chi connectivity index (χ3v) is 4.42. The third kappa shape index (κ3) is 3.25. The fourth-order valence-corrected chi connectivity index (χ4v) is 3.05. The molecule has 3 rings (SSSR count). The van der Waals surface area contributed by atoms with Gasteiger partial charge in [-0.05, 0) is 57.6 Å². The number of nitrogens with zero attached hydrogens (tertiary/aromatic N) is 2. The first-order valence-corrected chi connectivity index (χ1v) is 7.83. The van der Waals surface area contributed by atoms with E-state index in [4.69, 9.17) is 4.42 Å². The highest BCUT2D eigenvalue weighted by Crippen LogP contribution is 2.21. The lowest BCUT2D eigenvalue weighted by molar-refractivity contribution is 0.210. The molecule has 2 amide bonds. The van der Waals surface area contributed by atoms with Crippen molar-refractivity contribution in [1.29, 1.82) is 0 Å². The van der Waals surface area contributed by atoms with Gasteiger partial charge in [0.15, 0.2) is 0 Å². The maximum Gasteiger partial charge on any atom is 0.321 e. The summed E-state index contributed by atoms with van der Waals surface area (Å²) in [4.78, 5) is 16.6. The number of likely N-dealkylation sites (tertiary alicyclic amines) is 1. The molecule has 0 unspecified atom stereocenters. The van der Waals surface area contributed by atoms with Crippen LogP contribution in [0, 0.1) is 0 Å². The predicted molar refractivity (Wildman–Crippen MR) is 88.1 cm³/mol. The number of rotatable bonds is 2. The average Bonchev–Trinajstić information content (AvgIpc) is 2.80. The van der Waals surface area contributed by atoms with Crippen LogP contribution in [0.25, 0.3) is 11.0 Å². The minimum atomic E-state index is -0.0118. The van der Waals surface area contributed by atoms with Crippen molar-refractivity contribution in [2.75, 3.05) is 32.5 Å². The Balaban J connectivity index is 1.63. The third-order valence-electron chi connectivity index (χ3n) is 4.42. The van der Waals surface area contributed by atoms with E-state index in [0.29, 0.717) is 6.04 Å². The topological polar surface area (TPSA) is 48.7 Å². The molecule has 2 heterocycles. The monoisotopic (exact) mass is 301 g/mol. The van der Waals surface area contributed by atoms with Crippen molar-refractivity contribution in [3.8, 4) is 0 Å². The van der Waals surface area contributed by atoms with Crippen molar-refractivity contribution in [2.24, 2.45) is 0 Å². The lowest BCUT2D eigenvalue weighted by Gasteiger charge is -2.23. The number of urea groups is 1. The molecule has 5 heteroatoms. The van der Waals surface area contributed by atoms with Crippen LogP contribution in [0.4, 0.5) is 10.5 Å². The van der Waals surface area contributed by atoms with Gasteiger partial charge >= 0.3 is 6.03 Å². The smallest absolute Gasteiger partial charge is 0.321 e. The zero-order chi connectivity index (χ0) is 15.5. The summed E-state index contributed by atoms with van der Waals surface area (Å²) in [6.45, 7) is 1.63. The molecule has 0 saturated carbocycles. The summed E-state index contributed by atoms with van der Waals surface area (Å²) in [5, 5.41) is 4.00. The van der Waals surface area contributed by atoms with Crippen molar-refractivity contribution >= 4 is 22.7 Å². The van der Waals surface area contributed by atoms with E-state index in [2.05, 4.69) is 24.3 Å². The number of carbonyl (C=O) groups is 1. The molecule has 1 atom stereocenters. The van der Waals surface area contributed by atoms with Crippen molar-refractivity contribution in [1.82, 2.24) is 9.80 Å². The number of hydrogen-bond donors (Lipinski definition) is 1. The first kappa shape index (κ1) is 14.9. The Morgan fingerprint density at radius 2 is 2.14 bits per heavy atom. The Bertz CT molecular complexity index is 650. The van der Waals surface area contributed by atoms with E-state index in [0.717, 1.165) is 49.0 Å². The van der Waals surface area contributed by atoms with Crippen molar-refractivity contribution in [2.45, 2.75) is 25.3 Å². The van der Waals surface area contributed by atoms with Crippen LogP contribution in [0.5, 0.6) is 0 Å². The fraction of sp³-hybridized carbons (Fsp3) is 0.471. The molecular weight excluding hydrogens is 278 g/mol. The molecule has 1 fully saturated rings. The van der Waals surface area contributed by atoms with Crippen molar-refractivity contribution in [3.05, 3.63) is 30.5 Å². The zero-order valence-electron chi connectivity index (χ0n) is 13.2. The molecule has 0 aliphatic carbocycles. The Morgan fingerprint density at radius 1 is 1.27 bits per heavy atom. The number of anilines is 1. The van der Waals surface area contributed by atoms with Crippen LogP contribution in [0.3, 0.4) is 0 Å². The molecule has 0 bridgehead atoms. The summed E-state index contributed by atoms with van der Waals surface area (Å²) < 4.78 is 5.32. The molecule has 1 N–H and O–H groups in total. The second-order valence-electron chi connectivity index (χ2n) is 6.14. The normalized spacial score (nSPS) is 19.4. The van der Waals surface area contributed by atoms with Crippen LogP contribution in [0.15, 0.2) is 34.9 Å². The number of benzene rings is 1. The average molecular weight is 301 g/mol. The number of carbonyl (C=O) groups excluding carboxylic acids is 1. The van der Waals surface area contributed by atoms with Gasteiger partial charge in [0.25, 0.3) is 0 Å². The standard InChI is InChI=1S/C17H23N3O2/c1-19(2)15-4-3-9-20(10-7-15)17(21)18-14-5-6-16-13(12-14)8-11-22-16/h5-6,8,11-12,15H,3-4,7,9-10H2,1-2H3,(H,18,21)/t15-/m1/s1. The van der Waals surface area contributed by atoms with Crippen LogP contribution >= 0.6 is 0 Å². The van der Waals surface area contributed by atoms with Crippen molar-refractivity contribution < 1.29 is 9.21 Å². The molecule has 22 heavy (non-hydrogen) atoms. The summed E-state index contributed by atoms with van der Waals surface area (Å²) in [6.07, 6.45) is 4.89. The highest BCUT2D eigenvalue weighted by molar-refractivity contribution is 5.92. The minimum absolute atomic E-state index is 0.0118. The van der Waals surface area contributed by atoms with Gasteiger partial charge in [-0.25, -0.2) is 4.79 Å². The molecule has 5 nitrogen and oxygen atoms in total. The highest BCUT2D eigenvalue weighted by Gasteiger charge is 2.21. The second kappa shape index (κ2) is 6.40. The molecule has 0 spiro atoms. The van der Waals surface area contributed by atoms with E-state index in [1.165, 1.54) is 0 Å². The SMILES string of the molecule is CN(C)[C@@H]1CCCN(C(=O)Nc2ccc3occc3c2)CC1. The Hall–Kier alpha value is -2.01. The maximum atomic E-state index is 12.4. The van der Waals surface area contributed by atoms with Gasteiger partial charge in [-0.1, -0.05) is 0 Å². The Labute approximate surface area is 130 Å². The lowest BCUT2D eigenvalue weighted by Crippen LogP contribution is -2.36. The van der Waals surface area contributed by atoms with Gasteiger partial charge < -0.3 is 19.5 Å². The second-order valence-corrected chi connectivity index (χ2v) is 6.14. The molecule has 118 valence electrons. The number of nitrogens with one attached hydrogen (secondary N) is 1. The van der Waals surface area contributed by atoms with Crippen LogP contribution in [0.2, 0.25) is 0 Å². The molecule has 1 aliphatic heterocycles. The summed E-state index contributed by atoms with van der Waals surface area (Å²) in [5.74, 6) is 0. The molecule has 1 aromatic heterocycles. The van der Waals surface area contributed by atoms with Crippen molar-refractivity contribution in [3.63, 3.8) is 0 Å². The Kier molecular flexibility index (Phi) is 4.34. The van der Waals surface area contributed by atoms with Crippen LogP contribution in [0.1, 0.15) is 19.3 Å². The molecule has 1 aliphatic rings. The summed E-state index contributed by atoms with van der Waals surface area (Å²) in [6, 6.07) is 8.16. The quantitative estimate of drug-likeness (QED) is 0.925. The van der Waals surface area contributed by atoms with Crippen LogP contribution < -0.4 is 5.32 Å². The van der Waals surface area contributed by atoms with E-state index in [-0.39, 0.29) is 6.03 Å². The van der Waals surface area contributed by atoms with Gasteiger partial charge in [-0.2, -0.15) is 0 Å². The summed E-state index contributed by atoms with van der Waals surface area (Å²) in [7, 11) is 4.22. The van der Waals surface area contributed by atoms with Gasteiger partial charge in [0.05, 0.1) is 6.26 Å². The Morgan fingerprint density at radius 3 is 2.95 bits per heavy atom. The van der Waals surface area contributed by atoms with E-state index in [9.17, 15) is 4.79 Å². The maximum absolute atomic E-state index is 12.4. The van der Waals surface area contributed by atoms with Gasteiger partial charge in [0, 0.05) is 30.2 Å². The lowest BCUT2D eigenvalue weighted by atomic mass is 10.1. The van der Waals surface area contributed by atoms with Gasteiger partial charge in [0.2, 0.25) is 0 Å². The number of amides is 2. The molecule has 1 aromatic carbocycles. The van der Waals surface area contributed by atoms with Crippen LogP contribution in [-0.4, -0.2) is 49.1 Å². The first-order chi connectivity index (χ1) is 10.6. The van der Waals surface area contributed by atoms with E-state index < -0.39 is 0 Å². The summed E-state index contributed by atoms with van der Waals surface area (Å²) >= 11 is 0. The number of furan rings is 1. The molecule has 1 saturated heterocycles. The molecule has 0 radical (unpaired) electrons. The van der Waals surface area contributed by atoms with Gasteiger partial charge in [0.1, 0.15) is 5.58 Å². The van der Waals surface area contributed by atoms with Gasteiger partial charge in [-0.3, -0.25) is 0 Å². The molecule has 2 aromatic rings.